The van der Waals surface area contributed by atoms with Gasteiger partial charge in [0.15, 0.2) is 24.7 Å². The Labute approximate surface area is 375 Å². The standard InChI is InChI=1S/C46H76O18/c1-20(17-47)9-14-46(57-6)21(2)31-28(64-46)16-27-25-8-7-23-15-24(10-12-44(23,4)26(25)11-13-45(27,31)5)59-43-40(63-41-37(55)35(53)32(50)22(3)58-41)39(34(52)30(19-49)61-43)62-42-38(56)36(54)33(51)29(18-48)60-42/h7,20-22,24-43,47-56H,8-19H2,1-6H3/t20-,21-,22-,24-,25+,26-,27-,28-,29+,30+,31-,32-,33+,34+,35+,36-,37+,38+,39-,40+,41-,42-,43+,44-,45-,46+/m0/s1. The lowest BCUT2D eigenvalue weighted by molar-refractivity contribution is -0.394. The van der Waals surface area contributed by atoms with Gasteiger partial charge >= 0.3 is 0 Å². The molecule has 0 aromatic carbocycles. The second-order valence-electron chi connectivity index (χ2n) is 21.1. The minimum atomic E-state index is -1.85. The number of hydrogen-bond acceptors (Lipinski definition) is 18. The van der Waals surface area contributed by atoms with Crippen molar-refractivity contribution in [3.05, 3.63) is 11.6 Å². The molecular weight excluding hydrogens is 840 g/mol. The molecule has 4 saturated heterocycles. The van der Waals surface area contributed by atoms with Crippen LogP contribution in [0, 0.1) is 46.3 Å². The highest BCUT2D eigenvalue weighted by Gasteiger charge is 2.68. The molecule has 8 aliphatic rings. The van der Waals surface area contributed by atoms with Crippen molar-refractivity contribution in [1.29, 1.82) is 0 Å². The number of methoxy groups -OCH3 is 1. The summed E-state index contributed by atoms with van der Waals surface area (Å²) < 4.78 is 49.9. The number of ether oxygens (including phenoxy) is 8. The molecule has 0 aromatic heterocycles. The molecule has 18 heteroatoms. The molecule has 4 aliphatic carbocycles. The number of hydrogen-bond donors (Lipinski definition) is 10. The molecule has 8 rings (SSSR count). The van der Waals surface area contributed by atoms with Crippen LogP contribution in [-0.2, 0) is 37.9 Å². The first kappa shape index (κ1) is 49.4. The number of allylic oxidation sites excluding steroid dienone is 1. The van der Waals surface area contributed by atoms with Crippen molar-refractivity contribution in [1.82, 2.24) is 0 Å². The lowest BCUT2D eigenvalue weighted by Crippen LogP contribution is -2.67. The summed E-state index contributed by atoms with van der Waals surface area (Å²) in [4.78, 5) is 0. The van der Waals surface area contributed by atoms with E-state index in [2.05, 4.69) is 33.8 Å². The van der Waals surface area contributed by atoms with Gasteiger partial charge in [-0.05, 0) is 98.7 Å². The van der Waals surface area contributed by atoms with Gasteiger partial charge in [0.2, 0.25) is 0 Å². The minimum Gasteiger partial charge on any atom is -0.396 e. The lowest BCUT2D eigenvalue weighted by atomic mass is 9.47. The number of fused-ring (bicyclic) bond motifs is 7. The van der Waals surface area contributed by atoms with Gasteiger partial charge in [0.05, 0.1) is 31.5 Å². The fourth-order valence-electron chi connectivity index (χ4n) is 13.8. The average Bonchev–Trinajstić information content (AvgIpc) is 3.74. The summed E-state index contributed by atoms with van der Waals surface area (Å²) in [6.07, 6.45) is -13.5. The second kappa shape index (κ2) is 19.1. The number of rotatable bonds is 13. The van der Waals surface area contributed by atoms with Crippen molar-refractivity contribution in [3.8, 4) is 0 Å². The van der Waals surface area contributed by atoms with Crippen molar-refractivity contribution in [2.75, 3.05) is 26.9 Å². The molecule has 3 saturated carbocycles. The van der Waals surface area contributed by atoms with Gasteiger partial charge in [-0.15, -0.1) is 0 Å². The summed E-state index contributed by atoms with van der Waals surface area (Å²) in [7, 11) is 1.76. The molecule has 4 aliphatic heterocycles. The topological polar surface area (TPSA) is 276 Å². The van der Waals surface area contributed by atoms with Gasteiger partial charge in [0, 0.05) is 26.1 Å². The van der Waals surface area contributed by atoms with E-state index in [9.17, 15) is 51.1 Å². The lowest BCUT2D eigenvalue weighted by Gasteiger charge is -2.58. The normalized spacial score (nSPS) is 54.3. The Hall–Kier alpha value is -0.980. The quantitative estimate of drug-likeness (QED) is 0.107. The molecule has 368 valence electrons. The maximum atomic E-state index is 11.6. The maximum absolute atomic E-state index is 11.6. The average molecular weight is 917 g/mol. The third kappa shape index (κ3) is 8.37. The third-order valence-corrected chi connectivity index (χ3v) is 17.7. The first-order chi connectivity index (χ1) is 30.4. The van der Waals surface area contributed by atoms with Crippen LogP contribution in [0.25, 0.3) is 0 Å². The Morgan fingerprint density at radius 1 is 0.734 bits per heavy atom. The largest absolute Gasteiger partial charge is 0.396 e. The zero-order valence-electron chi connectivity index (χ0n) is 38.1. The highest BCUT2D eigenvalue weighted by atomic mass is 16.8. The third-order valence-electron chi connectivity index (χ3n) is 17.7. The van der Waals surface area contributed by atoms with Crippen molar-refractivity contribution in [2.24, 2.45) is 46.3 Å². The zero-order chi connectivity index (χ0) is 46.2. The van der Waals surface area contributed by atoms with Gasteiger partial charge in [0.1, 0.15) is 67.1 Å². The summed E-state index contributed by atoms with van der Waals surface area (Å²) in [5.74, 6) is 1.57. The Kier molecular flexibility index (Phi) is 14.7. The Balaban J connectivity index is 1.01. The van der Waals surface area contributed by atoms with Gasteiger partial charge in [-0.1, -0.05) is 39.3 Å². The monoisotopic (exact) mass is 917 g/mol. The summed E-state index contributed by atoms with van der Waals surface area (Å²) >= 11 is 0. The van der Waals surface area contributed by atoms with Crippen LogP contribution in [0.1, 0.15) is 92.4 Å². The molecule has 7 fully saturated rings. The van der Waals surface area contributed by atoms with Gasteiger partial charge < -0.3 is 89.0 Å². The van der Waals surface area contributed by atoms with E-state index in [0.29, 0.717) is 36.5 Å². The summed E-state index contributed by atoms with van der Waals surface area (Å²) in [5, 5.41) is 106. The highest BCUT2D eigenvalue weighted by Crippen LogP contribution is 2.70. The second-order valence-corrected chi connectivity index (χ2v) is 21.1. The first-order valence-corrected chi connectivity index (χ1v) is 23.8. The van der Waals surface area contributed by atoms with E-state index in [4.69, 9.17) is 37.9 Å². The molecule has 18 nitrogen and oxygen atoms in total. The van der Waals surface area contributed by atoms with Gasteiger partial charge in [0.25, 0.3) is 0 Å². The van der Waals surface area contributed by atoms with Crippen LogP contribution in [0.5, 0.6) is 0 Å². The number of aliphatic hydroxyl groups excluding tert-OH is 10. The Morgan fingerprint density at radius 3 is 2.05 bits per heavy atom. The van der Waals surface area contributed by atoms with Crippen LogP contribution in [-0.4, -0.2) is 188 Å². The molecule has 0 bridgehead atoms. The van der Waals surface area contributed by atoms with Crippen LogP contribution in [0.15, 0.2) is 11.6 Å². The molecule has 0 unspecified atom stereocenters. The summed E-state index contributed by atoms with van der Waals surface area (Å²) in [6, 6.07) is 0. The van der Waals surface area contributed by atoms with Crippen LogP contribution in [0.2, 0.25) is 0 Å². The Bertz CT molecular complexity index is 1620. The molecule has 10 N–H and O–H groups in total. The van der Waals surface area contributed by atoms with Crippen LogP contribution >= 0.6 is 0 Å². The summed E-state index contributed by atoms with van der Waals surface area (Å²) in [5.41, 5.74) is 1.32. The molecule has 64 heavy (non-hydrogen) atoms. The fraction of sp³-hybridized carbons (Fsp3) is 0.957. The van der Waals surface area contributed by atoms with E-state index in [1.165, 1.54) is 12.5 Å². The zero-order valence-corrected chi connectivity index (χ0v) is 38.1. The molecule has 0 aromatic rings. The molecule has 26 atom stereocenters. The smallest absolute Gasteiger partial charge is 0.187 e. The van der Waals surface area contributed by atoms with E-state index in [0.717, 1.165) is 44.9 Å². The minimum absolute atomic E-state index is 0.0833. The van der Waals surface area contributed by atoms with E-state index < -0.39 is 117 Å². The molecule has 0 amide bonds. The summed E-state index contributed by atoms with van der Waals surface area (Å²) in [6.45, 7) is 9.43. The predicted octanol–water partition coefficient (Wildman–Crippen LogP) is -0.177. The van der Waals surface area contributed by atoms with E-state index in [1.807, 2.05) is 0 Å². The Morgan fingerprint density at radius 2 is 1.38 bits per heavy atom. The maximum Gasteiger partial charge on any atom is 0.187 e. The molecular formula is C46H76O18. The van der Waals surface area contributed by atoms with Crippen molar-refractivity contribution in [3.63, 3.8) is 0 Å². The van der Waals surface area contributed by atoms with E-state index in [-0.39, 0.29) is 35.4 Å². The molecule has 0 spiro atoms. The highest BCUT2D eigenvalue weighted by molar-refractivity contribution is 5.26. The SMILES string of the molecule is CO[C@]1(CC[C@H](C)CO)O[C@H]2C[C@H]3[C@@H]4CC=C5C[C@@H](O[C@@H]6O[C@H](CO)[C@@H](O)[C@H](O[C@@H]7O[C@H](CO)[C@@H](O)[C@H](O)[C@H]7O)[C@H]6O[C@@H]6O[C@@H](C)[C@H](O)[C@@H](O)[C@H]6O)CC[C@]5(C)[C@H]4CC[C@]3(C)[C@H]2[C@@H]1C. The first-order valence-electron chi connectivity index (χ1n) is 23.8. The van der Waals surface area contributed by atoms with Crippen molar-refractivity contribution >= 4 is 0 Å². The van der Waals surface area contributed by atoms with Crippen LogP contribution < -0.4 is 0 Å². The van der Waals surface area contributed by atoms with Crippen molar-refractivity contribution in [2.45, 2.75) is 203 Å². The van der Waals surface area contributed by atoms with Crippen LogP contribution in [0.4, 0.5) is 0 Å². The van der Waals surface area contributed by atoms with E-state index >= 15 is 0 Å². The predicted molar refractivity (Wildman–Crippen MR) is 222 cm³/mol. The fourth-order valence-corrected chi connectivity index (χ4v) is 13.8. The van der Waals surface area contributed by atoms with Gasteiger partial charge in [-0.2, -0.15) is 0 Å². The molecule has 0 radical (unpaired) electrons. The van der Waals surface area contributed by atoms with Gasteiger partial charge in [-0.25, -0.2) is 0 Å². The van der Waals surface area contributed by atoms with Gasteiger partial charge in [-0.3, -0.25) is 0 Å². The number of aliphatic hydroxyl groups is 10. The molecule has 4 heterocycles. The van der Waals surface area contributed by atoms with E-state index in [1.54, 1.807) is 7.11 Å². The van der Waals surface area contributed by atoms with Crippen LogP contribution in [0.3, 0.4) is 0 Å². The van der Waals surface area contributed by atoms with Crippen molar-refractivity contribution < 1.29 is 89.0 Å².